The summed E-state index contributed by atoms with van der Waals surface area (Å²) >= 11 is 0. The maximum absolute atomic E-state index is 12.5. The number of benzene rings is 2. The van der Waals surface area contributed by atoms with Gasteiger partial charge in [0.15, 0.2) is 5.43 Å². The van der Waals surface area contributed by atoms with Gasteiger partial charge in [-0.15, -0.1) is 0 Å². The van der Waals surface area contributed by atoms with Crippen molar-refractivity contribution in [3.8, 4) is 28.6 Å². The number of aliphatic hydroxyl groups is 4. The van der Waals surface area contributed by atoms with E-state index in [-0.39, 0.29) is 40.4 Å². The van der Waals surface area contributed by atoms with Crippen LogP contribution in [0.4, 0.5) is 0 Å². The van der Waals surface area contributed by atoms with Gasteiger partial charge in [0.25, 0.3) is 0 Å². The Morgan fingerprint density at radius 1 is 0.968 bits per heavy atom. The van der Waals surface area contributed by atoms with E-state index in [1.807, 2.05) is 0 Å². The summed E-state index contributed by atoms with van der Waals surface area (Å²) in [7, 11) is 0. The summed E-state index contributed by atoms with van der Waals surface area (Å²) in [5.74, 6) is -0.745. The third-order valence-corrected chi connectivity index (χ3v) is 5.56. The Kier molecular flexibility index (Phi) is 5.59. The highest BCUT2D eigenvalue weighted by molar-refractivity contribution is 5.86. The lowest BCUT2D eigenvalue weighted by Crippen LogP contribution is -2.56. The van der Waals surface area contributed by atoms with Crippen LogP contribution in [-0.4, -0.2) is 61.7 Å². The van der Waals surface area contributed by atoms with Crippen LogP contribution in [0.25, 0.3) is 22.3 Å². The van der Waals surface area contributed by atoms with Gasteiger partial charge in [-0.05, 0) is 30.7 Å². The zero-order chi connectivity index (χ0) is 22.3. The van der Waals surface area contributed by atoms with Crippen molar-refractivity contribution >= 4 is 11.0 Å². The average Bonchev–Trinajstić information content (AvgIpc) is 2.74. The van der Waals surface area contributed by atoms with Gasteiger partial charge in [0, 0.05) is 36.3 Å². The highest BCUT2D eigenvalue weighted by Crippen LogP contribution is 2.34. The number of fused-ring (bicyclic) bond motifs is 1. The van der Waals surface area contributed by atoms with E-state index in [1.165, 1.54) is 30.3 Å². The molecule has 6 N–H and O–H groups in total. The summed E-state index contributed by atoms with van der Waals surface area (Å²) in [6.45, 7) is -0.404. The second-order valence-corrected chi connectivity index (χ2v) is 7.64. The summed E-state index contributed by atoms with van der Waals surface area (Å²) < 4.78 is 11.5. The molecule has 1 heterocycles. The molecule has 9 nitrogen and oxygen atoms in total. The molecule has 164 valence electrons. The van der Waals surface area contributed by atoms with Crippen LogP contribution in [0.5, 0.6) is 17.2 Å². The number of hydrogen-bond acceptors (Lipinski definition) is 9. The van der Waals surface area contributed by atoms with Crippen molar-refractivity contribution < 1.29 is 39.8 Å². The van der Waals surface area contributed by atoms with Gasteiger partial charge in [0.05, 0.1) is 6.10 Å². The minimum absolute atomic E-state index is 0.0372. The summed E-state index contributed by atoms with van der Waals surface area (Å²) in [6.07, 6.45) is -5.14. The van der Waals surface area contributed by atoms with E-state index in [0.29, 0.717) is 5.56 Å². The molecule has 1 aromatic heterocycles. The number of aliphatic hydroxyl groups excluding tert-OH is 4. The summed E-state index contributed by atoms with van der Waals surface area (Å²) in [5, 5.41) is 59.4. The van der Waals surface area contributed by atoms with Gasteiger partial charge in [-0.2, -0.15) is 0 Å². The molecule has 2 aromatic carbocycles. The van der Waals surface area contributed by atoms with Gasteiger partial charge < -0.3 is 39.8 Å². The number of rotatable bonds is 4. The van der Waals surface area contributed by atoms with Gasteiger partial charge in [-0.25, -0.2) is 0 Å². The number of ether oxygens (including phenoxy) is 1. The largest absolute Gasteiger partial charge is 0.508 e. The molecule has 0 unspecified atom stereocenters. The lowest BCUT2D eigenvalue weighted by molar-refractivity contribution is -0.156. The smallest absolute Gasteiger partial charge is 0.197 e. The van der Waals surface area contributed by atoms with E-state index in [1.54, 1.807) is 12.1 Å². The van der Waals surface area contributed by atoms with Gasteiger partial charge in [0.2, 0.25) is 0 Å². The highest BCUT2D eigenvalue weighted by Gasteiger charge is 2.43. The Hall–Kier alpha value is -3.11. The van der Waals surface area contributed by atoms with E-state index >= 15 is 0 Å². The lowest BCUT2D eigenvalue weighted by atomic mass is 9.81. The van der Waals surface area contributed by atoms with E-state index in [2.05, 4.69) is 0 Å². The molecule has 4 rings (SSSR count). The van der Waals surface area contributed by atoms with E-state index < -0.39 is 42.4 Å². The minimum Gasteiger partial charge on any atom is -0.508 e. The predicted molar refractivity (Wildman–Crippen MR) is 109 cm³/mol. The van der Waals surface area contributed by atoms with Crippen molar-refractivity contribution in [3.63, 3.8) is 0 Å². The van der Waals surface area contributed by atoms with E-state index in [0.717, 1.165) is 0 Å². The molecule has 0 spiro atoms. The fourth-order valence-electron chi connectivity index (χ4n) is 3.83. The number of phenolic OH excluding ortho intramolecular Hbond substituents is 2. The maximum atomic E-state index is 12.5. The molecule has 1 saturated carbocycles. The van der Waals surface area contributed by atoms with Crippen LogP contribution in [0.2, 0.25) is 0 Å². The highest BCUT2D eigenvalue weighted by atomic mass is 16.5. The Labute approximate surface area is 176 Å². The topological polar surface area (TPSA) is 161 Å². The molecule has 3 aromatic rings. The Morgan fingerprint density at radius 2 is 1.68 bits per heavy atom. The normalized spacial score (nSPS) is 26.1. The maximum Gasteiger partial charge on any atom is 0.197 e. The van der Waals surface area contributed by atoms with Crippen molar-refractivity contribution in [2.45, 2.75) is 30.8 Å². The summed E-state index contributed by atoms with van der Waals surface area (Å²) in [5.41, 5.74) is 0.0911. The molecular formula is C22H22O9. The molecule has 0 amide bonds. The van der Waals surface area contributed by atoms with Crippen LogP contribution in [0.3, 0.4) is 0 Å². The number of aromatic hydroxyl groups is 2. The minimum atomic E-state index is -1.51. The first-order valence-corrected chi connectivity index (χ1v) is 9.70. The van der Waals surface area contributed by atoms with E-state index in [4.69, 9.17) is 9.15 Å². The Bertz CT molecular complexity index is 1140. The molecule has 0 saturated heterocycles. The zero-order valence-corrected chi connectivity index (χ0v) is 16.3. The standard InChI is InChI=1S/C22H22O9/c23-9-11-5-18(21(28)22(29)20(11)27)30-13-6-14(25)19-15(26)8-16(31-17(19)7-13)10-1-3-12(24)4-2-10/h1-4,6-8,11,18,20-25,27-29H,5,9H2/t11-,18+,20-,21+,22+/m1/s1. The molecule has 5 atom stereocenters. The fourth-order valence-corrected chi connectivity index (χ4v) is 3.83. The molecule has 1 aliphatic carbocycles. The number of phenols is 2. The van der Waals surface area contributed by atoms with Crippen molar-refractivity contribution in [1.29, 1.82) is 0 Å². The third-order valence-electron chi connectivity index (χ3n) is 5.56. The zero-order valence-electron chi connectivity index (χ0n) is 16.3. The average molecular weight is 430 g/mol. The second kappa shape index (κ2) is 8.20. The van der Waals surface area contributed by atoms with Crippen LogP contribution in [0.15, 0.2) is 51.7 Å². The molecule has 9 heteroatoms. The molecule has 0 radical (unpaired) electrons. The molecule has 1 aliphatic rings. The first-order valence-electron chi connectivity index (χ1n) is 9.70. The van der Waals surface area contributed by atoms with E-state index in [9.17, 15) is 35.4 Å². The third kappa shape index (κ3) is 3.96. The molecular weight excluding hydrogens is 408 g/mol. The van der Waals surface area contributed by atoms with Gasteiger partial charge in [0.1, 0.15) is 52.3 Å². The molecule has 0 aliphatic heterocycles. The second-order valence-electron chi connectivity index (χ2n) is 7.64. The van der Waals surface area contributed by atoms with Crippen molar-refractivity contribution in [3.05, 3.63) is 52.7 Å². The molecule has 31 heavy (non-hydrogen) atoms. The first kappa shape index (κ1) is 21.1. The van der Waals surface area contributed by atoms with Crippen LogP contribution >= 0.6 is 0 Å². The van der Waals surface area contributed by atoms with Gasteiger partial charge in [-0.1, -0.05) is 0 Å². The number of hydrogen-bond donors (Lipinski definition) is 6. The van der Waals surface area contributed by atoms with Crippen molar-refractivity contribution in [2.75, 3.05) is 6.61 Å². The quantitative estimate of drug-likeness (QED) is 0.350. The van der Waals surface area contributed by atoms with Crippen LogP contribution in [-0.2, 0) is 0 Å². The fraction of sp³-hybridized carbons (Fsp3) is 0.318. The SMILES string of the molecule is O=c1cc(-c2ccc(O)cc2)oc2cc(O[C@H]3C[C@H](CO)[C@@H](O)[C@H](O)[C@H]3O)cc(O)c12. The lowest BCUT2D eigenvalue weighted by Gasteiger charge is -2.39. The first-order chi connectivity index (χ1) is 14.8. The van der Waals surface area contributed by atoms with Crippen LogP contribution < -0.4 is 10.2 Å². The summed E-state index contributed by atoms with van der Waals surface area (Å²) in [4.78, 5) is 12.5. The molecule has 0 bridgehead atoms. The van der Waals surface area contributed by atoms with Crippen LogP contribution in [0, 0.1) is 5.92 Å². The predicted octanol–water partition coefficient (Wildman–Crippen LogP) is 0.713. The van der Waals surface area contributed by atoms with Gasteiger partial charge >= 0.3 is 0 Å². The van der Waals surface area contributed by atoms with Crippen LogP contribution in [0.1, 0.15) is 6.42 Å². The summed E-state index contributed by atoms with van der Waals surface area (Å²) in [6, 6.07) is 9.82. The molecule has 1 fully saturated rings. The Morgan fingerprint density at radius 3 is 2.35 bits per heavy atom. The Balaban J connectivity index is 1.71. The van der Waals surface area contributed by atoms with Crippen molar-refractivity contribution in [1.82, 2.24) is 0 Å². The van der Waals surface area contributed by atoms with Gasteiger partial charge in [-0.3, -0.25) is 4.79 Å². The van der Waals surface area contributed by atoms with Crippen molar-refractivity contribution in [2.24, 2.45) is 5.92 Å². The monoisotopic (exact) mass is 430 g/mol.